The number of carbonyl (C=O) groups is 2. The van der Waals surface area contributed by atoms with Crippen LogP contribution in [0.5, 0.6) is 23.0 Å². The molecule has 0 heterocycles. The Morgan fingerprint density at radius 3 is 2.00 bits per heavy atom. The van der Waals surface area contributed by atoms with Crippen molar-refractivity contribution in [1.29, 1.82) is 0 Å². The van der Waals surface area contributed by atoms with Crippen LogP contribution in [0.3, 0.4) is 0 Å². The molecule has 1 fully saturated rings. The van der Waals surface area contributed by atoms with Gasteiger partial charge in [0, 0.05) is 0 Å². The summed E-state index contributed by atoms with van der Waals surface area (Å²) in [6, 6.07) is 11.0. The number of carbonyl (C=O) groups excluding carboxylic acids is 2. The fourth-order valence-corrected chi connectivity index (χ4v) is 4.05. The summed E-state index contributed by atoms with van der Waals surface area (Å²) in [5.74, 6) is 1.43. The SMILES string of the molecule is COc1cc(/C=C/C(=O)C2CCC/C(=C\c3ccc(OCC[NH3+])c(OC)c3)C2=O)ccc1OCC[NH3+].[Cl-].[Cl-]. The Labute approximate surface area is 236 Å². The quantitative estimate of drug-likeness (QED) is 0.199. The molecule has 3 rings (SSSR count). The Bertz CT molecular complexity index is 1140. The lowest BCUT2D eigenvalue weighted by Gasteiger charge is -2.21. The maximum absolute atomic E-state index is 13.2. The van der Waals surface area contributed by atoms with Crippen LogP contribution in [0.2, 0.25) is 0 Å². The lowest BCUT2D eigenvalue weighted by atomic mass is 9.81. The van der Waals surface area contributed by atoms with E-state index in [0.29, 0.717) is 67.7 Å². The molecule has 8 nitrogen and oxygen atoms in total. The van der Waals surface area contributed by atoms with Gasteiger partial charge in [0.15, 0.2) is 34.6 Å². The third-order valence-corrected chi connectivity index (χ3v) is 5.88. The summed E-state index contributed by atoms with van der Waals surface area (Å²) in [6.07, 6.45) is 6.98. The number of ketones is 2. The number of halogens is 2. The van der Waals surface area contributed by atoms with Crippen LogP contribution < -0.4 is 55.2 Å². The molecule has 0 amide bonds. The Balaban J connectivity index is 0.00000361. The first-order valence-corrected chi connectivity index (χ1v) is 12.2. The minimum Gasteiger partial charge on any atom is -1.00 e. The predicted molar refractivity (Wildman–Crippen MR) is 137 cm³/mol. The number of ether oxygens (including phenoxy) is 4. The van der Waals surface area contributed by atoms with Gasteiger partial charge < -0.3 is 55.2 Å². The third-order valence-electron chi connectivity index (χ3n) is 5.88. The first kappa shape index (κ1) is 33.0. The molecule has 0 aliphatic heterocycles. The average Bonchev–Trinajstić information content (AvgIpc) is 2.90. The van der Waals surface area contributed by atoms with Gasteiger partial charge in [-0.25, -0.2) is 0 Å². The second-order valence-corrected chi connectivity index (χ2v) is 8.44. The number of hydrogen-bond donors (Lipinski definition) is 2. The standard InChI is InChI=1S/C28H34N2O6.2ClH/c1-33-26-17-19(7-10-24(26)35-14-12-29)6-9-23(31)22-5-3-4-21(28(22)32)16-20-8-11-25(36-15-13-30)27(18-20)34-2;;/h6-11,16-18,22H,3-5,12-15,29-30H2,1-2H3;2*1H/b9-6+,21-16+;;. The smallest absolute Gasteiger partial charge is 0.169 e. The van der Waals surface area contributed by atoms with Gasteiger partial charge in [0.05, 0.1) is 20.1 Å². The van der Waals surface area contributed by atoms with E-state index in [1.165, 1.54) is 6.08 Å². The number of benzene rings is 2. The monoisotopic (exact) mass is 566 g/mol. The molecule has 1 aliphatic carbocycles. The molecule has 0 bridgehead atoms. The number of allylic oxidation sites excluding steroid dienone is 2. The van der Waals surface area contributed by atoms with Gasteiger partial charge in [-0.15, -0.1) is 0 Å². The van der Waals surface area contributed by atoms with Crippen molar-refractivity contribution in [2.75, 3.05) is 40.5 Å². The molecule has 1 unspecified atom stereocenters. The number of Topliss-reactive ketones (excluding diaryl/α,β-unsaturated/α-hetero) is 1. The van der Waals surface area contributed by atoms with E-state index in [9.17, 15) is 9.59 Å². The molecular formula is C28H36Cl2N2O6. The zero-order valence-electron chi connectivity index (χ0n) is 21.8. The van der Waals surface area contributed by atoms with E-state index in [4.69, 9.17) is 18.9 Å². The molecular weight excluding hydrogens is 531 g/mol. The Kier molecular flexibility index (Phi) is 14.5. The summed E-state index contributed by atoms with van der Waals surface area (Å²) in [4.78, 5) is 26.1. The molecule has 1 saturated carbocycles. The minimum absolute atomic E-state index is 0. The van der Waals surface area contributed by atoms with Gasteiger partial charge in [0.1, 0.15) is 26.3 Å². The molecule has 0 radical (unpaired) electrons. The van der Waals surface area contributed by atoms with Crippen molar-refractivity contribution in [3.8, 4) is 23.0 Å². The van der Waals surface area contributed by atoms with Gasteiger partial charge in [-0.3, -0.25) is 9.59 Å². The summed E-state index contributed by atoms with van der Waals surface area (Å²) in [7, 11) is 3.15. The van der Waals surface area contributed by atoms with Crippen LogP contribution in [0, 0.1) is 5.92 Å². The van der Waals surface area contributed by atoms with Gasteiger partial charge in [0.25, 0.3) is 0 Å². The Hall–Kier alpha value is -3.04. The number of hydrogen-bond acceptors (Lipinski definition) is 6. The van der Waals surface area contributed by atoms with Crippen LogP contribution in [-0.4, -0.2) is 52.1 Å². The van der Waals surface area contributed by atoms with Crippen LogP contribution in [0.1, 0.15) is 30.4 Å². The van der Waals surface area contributed by atoms with Crippen molar-refractivity contribution < 1.29 is 64.8 Å². The molecule has 1 atom stereocenters. The summed E-state index contributed by atoms with van der Waals surface area (Å²) in [6.45, 7) is 2.28. The van der Waals surface area contributed by atoms with E-state index in [-0.39, 0.29) is 36.4 Å². The van der Waals surface area contributed by atoms with E-state index >= 15 is 0 Å². The summed E-state index contributed by atoms with van der Waals surface area (Å²) < 4.78 is 22.1. The highest BCUT2D eigenvalue weighted by molar-refractivity contribution is 6.16. The van der Waals surface area contributed by atoms with Crippen molar-refractivity contribution in [3.05, 3.63) is 59.2 Å². The second kappa shape index (κ2) is 16.7. The lowest BCUT2D eigenvalue weighted by molar-refractivity contribution is -0.371. The van der Waals surface area contributed by atoms with Crippen molar-refractivity contribution in [3.63, 3.8) is 0 Å². The van der Waals surface area contributed by atoms with E-state index in [1.54, 1.807) is 32.4 Å². The molecule has 10 heteroatoms. The zero-order valence-corrected chi connectivity index (χ0v) is 23.4. The molecule has 1 aliphatic rings. The van der Waals surface area contributed by atoms with Gasteiger partial charge in [-0.1, -0.05) is 18.2 Å². The fourth-order valence-electron chi connectivity index (χ4n) is 4.05. The van der Waals surface area contributed by atoms with Crippen LogP contribution >= 0.6 is 0 Å². The molecule has 0 aromatic heterocycles. The van der Waals surface area contributed by atoms with Crippen molar-refractivity contribution >= 4 is 23.7 Å². The molecule has 0 saturated heterocycles. The van der Waals surface area contributed by atoms with Gasteiger partial charge in [0.2, 0.25) is 0 Å². The van der Waals surface area contributed by atoms with E-state index < -0.39 is 5.92 Å². The summed E-state index contributed by atoms with van der Waals surface area (Å²) >= 11 is 0. The Morgan fingerprint density at radius 1 is 0.895 bits per heavy atom. The van der Waals surface area contributed by atoms with Crippen molar-refractivity contribution in [2.24, 2.45) is 5.92 Å². The van der Waals surface area contributed by atoms with Crippen LogP contribution in [0.25, 0.3) is 12.2 Å². The molecule has 38 heavy (non-hydrogen) atoms. The van der Waals surface area contributed by atoms with Gasteiger partial charge in [-0.05, 0) is 72.4 Å². The minimum atomic E-state index is -0.677. The molecule has 0 spiro atoms. The van der Waals surface area contributed by atoms with Crippen LogP contribution in [-0.2, 0) is 9.59 Å². The number of methoxy groups -OCH3 is 2. The molecule has 2 aromatic carbocycles. The first-order chi connectivity index (χ1) is 17.5. The largest absolute Gasteiger partial charge is 1.00 e. The van der Waals surface area contributed by atoms with Gasteiger partial charge in [-0.2, -0.15) is 0 Å². The zero-order chi connectivity index (χ0) is 25.9. The third kappa shape index (κ3) is 8.77. The highest BCUT2D eigenvalue weighted by Gasteiger charge is 2.30. The maximum Gasteiger partial charge on any atom is 0.169 e. The van der Waals surface area contributed by atoms with Gasteiger partial charge >= 0.3 is 0 Å². The number of rotatable bonds is 12. The normalized spacial score (nSPS) is 15.9. The predicted octanol–water partition coefficient (Wildman–Crippen LogP) is -4.01. The van der Waals surface area contributed by atoms with E-state index in [0.717, 1.165) is 17.5 Å². The average molecular weight is 568 g/mol. The summed E-state index contributed by atoms with van der Waals surface area (Å²) in [5, 5.41) is 0. The van der Waals surface area contributed by atoms with E-state index in [2.05, 4.69) is 11.5 Å². The molecule has 6 N–H and O–H groups in total. The molecule has 2 aromatic rings. The Morgan fingerprint density at radius 2 is 1.45 bits per heavy atom. The highest BCUT2D eigenvalue weighted by atomic mass is 35.5. The van der Waals surface area contributed by atoms with Crippen molar-refractivity contribution in [1.82, 2.24) is 0 Å². The molecule has 208 valence electrons. The van der Waals surface area contributed by atoms with Crippen LogP contribution in [0.15, 0.2) is 48.0 Å². The van der Waals surface area contributed by atoms with Crippen LogP contribution in [0.4, 0.5) is 0 Å². The second-order valence-electron chi connectivity index (χ2n) is 8.44. The number of quaternary nitrogens is 2. The summed E-state index contributed by atoms with van der Waals surface area (Å²) in [5.41, 5.74) is 9.80. The topological polar surface area (TPSA) is 126 Å². The highest BCUT2D eigenvalue weighted by Crippen LogP contribution is 2.32. The van der Waals surface area contributed by atoms with Crippen molar-refractivity contribution in [2.45, 2.75) is 19.3 Å². The first-order valence-electron chi connectivity index (χ1n) is 12.2. The van der Waals surface area contributed by atoms with E-state index in [1.807, 2.05) is 30.3 Å². The fraction of sp³-hybridized carbons (Fsp3) is 0.357. The maximum atomic E-state index is 13.2. The lowest BCUT2D eigenvalue weighted by Crippen LogP contribution is -3.00.